The van der Waals surface area contributed by atoms with Crippen molar-refractivity contribution in [3.05, 3.63) is 47.0 Å². The molecule has 0 saturated heterocycles. The molecule has 0 spiro atoms. The Hall–Kier alpha value is -1.83. The minimum Gasteiger partial charge on any atom is -0.206 e. The fourth-order valence-corrected chi connectivity index (χ4v) is 5.84. The molecule has 0 unspecified atom stereocenters. The predicted octanol–water partition coefficient (Wildman–Crippen LogP) is 9.88. The molecule has 1 aromatic rings. The van der Waals surface area contributed by atoms with Gasteiger partial charge in [0.15, 0.2) is 0 Å². The largest absolute Gasteiger partial charge is 0.458 e. The number of alkyl halides is 3. The van der Waals surface area contributed by atoms with Gasteiger partial charge in [0.1, 0.15) is 11.6 Å². The van der Waals surface area contributed by atoms with E-state index in [4.69, 9.17) is 0 Å². The third-order valence-corrected chi connectivity index (χ3v) is 7.97. The van der Waals surface area contributed by atoms with Crippen molar-refractivity contribution in [3.8, 4) is 11.8 Å². The van der Waals surface area contributed by atoms with E-state index in [9.17, 15) is 22.0 Å². The second kappa shape index (κ2) is 13.5. The predicted molar refractivity (Wildman–Crippen MR) is 132 cm³/mol. The normalized spacial score (nSPS) is 25.4. The van der Waals surface area contributed by atoms with Gasteiger partial charge in [0.25, 0.3) is 0 Å². The first-order valence-corrected chi connectivity index (χ1v) is 13.5. The van der Waals surface area contributed by atoms with Crippen LogP contribution in [0, 0.1) is 41.2 Å². The molecule has 0 amide bonds. The van der Waals surface area contributed by atoms with Crippen LogP contribution in [0.2, 0.25) is 0 Å². The molecule has 1 aromatic carbocycles. The molecule has 5 heteroatoms. The van der Waals surface area contributed by atoms with Crippen molar-refractivity contribution in [2.24, 2.45) is 17.8 Å². The lowest BCUT2D eigenvalue weighted by atomic mass is 9.77. The van der Waals surface area contributed by atoms with Crippen LogP contribution < -0.4 is 0 Å². The van der Waals surface area contributed by atoms with Gasteiger partial charge in [-0.1, -0.05) is 76.4 Å². The van der Waals surface area contributed by atoms with E-state index in [0.717, 1.165) is 62.0 Å². The minimum atomic E-state index is -4.78. The Morgan fingerprint density at radius 2 is 1.46 bits per heavy atom. The van der Waals surface area contributed by atoms with Crippen molar-refractivity contribution in [2.45, 2.75) is 109 Å². The fourth-order valence-electron chi connectivity index (χ4n) is 5.84. The van der Waals surface area contributed by atoms with Gasteiger partial charge in [0.05, 0.1) is 5.56 Å². The van der Waals surface area contributed by atoms with Gasteiger partial charge < -0.3 is 0 Å². The van der Waals surface area contributed by atoms with Gasteiger partial charge in [-0.25, -0.2) is 8.78 Å². The summed E-state index contributed by atoms with van der Waals surface area (Å²) in [5.41, 5.74) is -0.294. The Balaban J connectivity index is 1.39. The second-order valence-corrected chi connectivity index (χ2v) is 10.6. The van der Waals surface area contributed by atoms with Crippen molar-refractivity contribution in [2.75, 3.05) is 0 Å². The summed E-state index contributed by atoms with van der Waals surface area (Å²) in [7, 11) is 0. The lowest BCUT2D eigenvalue weighted by Gasteiger charge is -2.28. The standard InChI is InChI=1S/C30H39F5/c1-2-3-4-7-22-10-12-23(13-11-22)8-5-6-9-24-14-16-25(17-15-24)26-20-28(31)27(29(32)21-26)18-19-30(33,34)35/h6,9,20-25H,2-5,7-8,10-17H2,1H3. The summed E-state index contributed by atoms with van der Waals surface area (Å²) in [4.78, 5) is 0. The van der Waals surface area contributed by atoms with Gasteiger partial charge in [-0.2, -0.15) is 13.2 Å². The molecule has 0 bridgehead atoms. The highest BCUT2D eigenvalue weighted by Gasteiger charge is 2.25. The molecule has 0 nitrogen and oxygen atoms in total. The molecule has 35 heavy (non-hydrogen) atoms. The van der Waals surface area contributed by atoms with E-state index >= 15 is 0 Å². The Kier molecular flexibility index (Phi) is 10.7. The van der Waals surface area contributed by atoms with E-state index in [-0.39, 0.29) is 5.92 Å². The topological polar surface area (TPSA) is 0 Å². The molecule has 2 aliphatic rings. The molecule has 194 valence electrons. The molecular weight excluding hydrogens is 455 g/mol. The highest BCUT2D eigenvalue weighted by molar-refractivity contribution is 5.40. The van der Waals surface area contributed by atoms with Crippen LogP contribution in [-0.4, -0.2) is 6.18 Å². The third-order valence-electron chi connectivity index (χ3n) is 7.97. The molecule has 2 aliphatic carbocycles. The van der Waals surface area contributed by atoms with Crippen LogP contribution in [0.5, 0.6) is 0 Å². The maximum atomic E-state index is 14.2. The Morgan fingerprint density at radius 3 is 2.03 bits per heavy atom. The highest BCUT2D eigenvalue weighted by atomic mass is 19.4. The molecule has 2 saturated carbocycles. The lowest BCUT2D eigenvalue weighted by Crippen LogP contribution is -2.14. The molecule has 0 aliphatic heterocycles. The molecule has 0 heterocycles. The van der Waals surface area contributed by atoms with Crippen LogP contribution in [0.25, 0.3) is 0 Å². The van der Waals surface area contributed by atoms with E-state index in [1.165, 1.54) is 57.8 Å². The number of allylic oxidation sites excluding steroid dienone is 2. The van der Waals surface area contributed by atoms with Crippen molar-refractivity contribution < 1.29 is 22.0 Å². The molecule has 0 radical (unpaired) electrons. The number of hydrogen-bond acceptors (Lipinski definition) is 0. The maximum Gasteiger partial charge on any atom is 0.458 e. The molecule has 0 N–H and O–H groups in total. The van der Waals surface area contributed by atoms with Crippen LogP contribution in [0.15, 0.2) is 24.3 Å². The molecule has 0 atom stereocenters. The van der Waals surface area contributed by atoms with Crippen LogP contribution in [0.1, 0.15) is 114 Å². The molecular formula is C30H39F5. The van der Waals surface area contributed by atoms with Gasteiger partial charge in [0.2, 0.25) is 0 Å². The van der Waals surface area contributed by atoms with Crippen LogP contribution in [0.4, 0.5) is 22.0 Å². The zero-order chi connectivity index (χ0) is 25.3. The maximum absolute atomic E-state index is 14.2. The van der Waals surface area contributed by atoms with Crippen LogP contribution in [0.3, 0.4) is 0 Å². The second-order valence-electron chi connectivity index (χ2n) is 10.6. The molecule has 2 fully saturated rings. The summed E-state index contributed by atoms with van der Waals surface area (Å²) in [5.74, 6) is 2.83. The number of hydrogen-bond donors (Lipinski definition) is 0. The van der Waals surface area contributed by atoms with Crippen LogP contribution in [-0.2, 0) is 0 Å². The summed E-state index contributed by atoms with van der Waals surface area (Å²) < 4.78 is 65.3. The first-order valence-electron chi connectivity index (χ1n) is 13.5. The monoisotopic (exact) mass is 494 g/mol. The van der Waals surface area contributed by atoms with Crippen molar-refractivity contribution in [3.63, 3.8) is 0 Å². The smallest absolute Gasteiger partial charge is 0.206 e. The summed E-state index contributed by atoms with van der Waals surface area (Å²) in [6.45, 7) is 2.26. The first-order chi connectivity index (χ1) is 16.7. The Labute approximate surface area is 207 Å². The average molecular weight is 495 g/mol. The first kappa shape index (κ1) is 27.8. The third kappa shape index (κ3) is 9.28. The minimum absolute atomic E-state index is 0.0285. The number of benzene rings is 1. The van der Waals surface area contributed by atoms with Gasteiger partial charge in [-0.3, -0.25) is 0 Å². The van der Waals surface area contributed by atoms with E-state index in [0.29, 0.717) is 11.5 Å². The van der Waals surface area contributed by atoms with Gasteiger partial charge in [-0.15, -0.1) is 0 Å². The molecule has 3 rings (SSSR count). The average Bonchev–Trinajstić information content (AvgIpc) is 2.82. The lowest BCUT2D eigenvalue weighted by molar-refractivity contribution is -0.0696. The van der Waals surface area contributed by atoms with Crippen LogP contribution >= 0.6 is 0 Å². The van der Waals surface area contributed by atoms with Gasteiger partial charge in [-0.05, 0) is 79.9 Å². The zero-order valence-electron chi connectivity index (χ0n) is 20.9. The van der Waals surface area contributed by atoms with E-state index < -0.39 is 23.4 Å². The zero-order valence-corrected chi connectivity index (χ0v) is 20.9. The van der Waals surface area contributed by atoms with Gasteiger partial charge >= 0.3 is 6.18 Å². The van der Waals surface area contributed by atoms with E-state index in [1.807, 2.05) is 0 Å². The quantitative estimate of drug-likeness (QED) is 0.139. The van der Waals surface area contributed by atoms with E-state index in [2.05, 4.69) is 19.1 Å². The number of rotatable bonds is 9. The summed E-state index contributed by atoms with van der Waals surface area (Å²) in [6.07, 6.45) is 16.9. The fraction of sp³-hybridized carbons (Fsp3) is 0.667. The van der Waals surface area contributed by atoms with E-state index in [1.54, 1.807) is 5.92 Å². The SMILES string of the molecule is CCCCCC1CCC(CCC=CC2CCC(c3cc(F)c(C#CC(F)(F)F)c(F)c3)CC2)CC1. The summed E-state index contributed by atoms with van der Waals surface area (Å²) in [5, 5.41) is 0. The summed E-state index contributed by atoms with van der Waals surface area (Å²) in [6, 6.07) is 2.31. The van der Waals surface area contributed by atoms with Gasteiger partial charge in [0, 0.05) is 5.92 Å². The highest BCUT2D eigenvalue weighted by Crippen LogP contribution is 2.38. The van der Waals surface area contributed by atoms with Crippen molar-refractivity contribution in [1.29, 1.82) is 0 Å². The van der Waals surface area contributed by atoms with Crippen molar-refractivity contribution in [1.82, 2.24) is 0 Å². The molecule has 0 aromatic heterocycles. The number of unbranched alkanes of at least 4 members (excludes halogenated alkanes) is 2. The summed E-state index contributed by atoms with van der Waals surface area (Å²) >= 11 is 0. The number of halogens is 5. The van der Waals surface area contributed by atoms with Crippen molar-refractivity contribution >= 4 is 0 Å². The Bertz CT molecular complexity index is 849. The Morgan fingerprint density at radius 1 is 0.857 bits per heavy atom.